The molecule has 0 bridgehead atoms. The van der Waals surface area contributed by atoms with Crippen molar-refractivity contribution in [2.45, 2.75) is 24.9 Å². The maximum Gasteiger partial charge on any atom is 0.255 e. The van der Waals surface area contributed by atoms with E-state index in [1.165, 1.54) is 0 Å². The van der Waals surface area contributed by atoms with Gasteiger partial charge in [0, 0.05) is 34.9 Å². The number of H-pyrrole nitrogens is 1. The summed E-state index contributed by atoms with van der Waals surface area (Å²) in [5, 5.41) is 1.70. The first kappa shape index (κ1) is 22.7. The molecule has 2 aliphatic heterocycles. The molecule has 4 aromatic rings. The zero-order valence-electron chi connectivity index (χ0n) is 20.1. The average molecular weight is 500 g/mol. The number of rotatable bonds is 4. The number of piperazine rings is 1. The number of amides is 2. The summed E-state index contributed by atoms with van der Waals surface area (Å²) >= 11 is 6.65. The highest BCUT2D eigenvalue weighted by atomic mass is 35.5. The molecule has 0 saturated carbocycles. The van der Waals surface area contributed by atoms with Crippen LogP contribution in [0.3, 0.4) is 0 Å². The predicted octanol–water partition coefficient (Wildman–Crippen LogP) is 5.06. The maximum atomic E-state index is 14.2. The Balaban J connectivity index is 1.48. The van der Waals surface area contributed by atoms with E-state index in [4.69, 9.17) is 16.3 Å². The van der Waals surface area contributed by atoms with E-state index >= 15 is 0 Å². The second-order valence-corrected chi connectivity index (χ2v) is 10.0. The van der Waals surface area contributed by atoms with E-state index in [9.17, 15) is 9.59 Å². The minimum absolute atomic E-state index is 0.0330. The van der Waals surface area contributed by atoms with Crippen molar-refractivity contribution in [3.8, 4) is 5.75 Å². The summed E-state index contributed by atoms with van der Waals surface area (Å²) in [6.07, 6.45) is 0. The number of halogens is 1. The molecule has 7 heteroatoms. The Bertz CT molecular complexity index is 1500. The Kier molecular flexibility index (Phi) is 5.30. The number of fused-ring (bicyclic) bond motifs is 5. The summed E-state index contributed by atoms with van der Waals surface area (Å²) < 4.78 is 5.25. The molecule has 6 nitrogen and oxygen atoms in total. The van der Waals surface area contributed by atoms with Crippen LogP contribution in [0.2, 0.25) is 5.02 Å². The van der Waals surface area contributed by atoms with Gasteiger partial charge in [0.25, 0.3) is 5.91 Å². The van der Waals surface area contributed by atoms with E-state index in [0.717, 1.165) is 39.0 Å². The van der Waals surface area contributed by atoms with Gasteiger partial charge in [-0.05, 0) is 47.9 Å². The van der Waals surface area contributed by atoms with E-state index < -0.39 is 5.54 Å². The molecule has 0 radical (unpaired) electrons. The number of nitrogens with zero attached hydrogens (tertiary/aromatic N) is 2. The molecule has 0 unspecified atom stereocenters. The number of carbonyl (C=O) groups is 2. The number of aromatic nitrogens is 1. The lowest BCUT2D eigenvalue weighted by molar-refractivity contribution is -0.166. The zero-order valence-corrected chi connectivity index (χ0v) is 20.9. The maximum absolute atomic E-state index is 14.2. The molecule has 6 rings (SSSR count). The van der Waals surface area contributed by atoms with Crippen LogP contribution in [-0.2, 0) is 21.7 Å². The predicted molar refractivity (Wildman–Crippen MR) is 139 cm³/mol. The Labute approximate surface area is 214 Å². The molecule has 2 amide bonds. The van der Waals surface area contributed by atoms with Crippen molar-refractivity contribution in [1.29, 1.82) is 0 Å². The van der Waals surface area contributed by atoms with Crippen LogP contribution in [0.1, 0.15) is 35.2 Å². The van der Waals surface area contributed by atoms with Crippen molar-refractivity contribution in [1.82, 2.24) is 14.8 Å². The SMILES string of the molecule is COc1ccc(CN2CC(=O)N3C[C@@H](c4ccccc4Cl)c4c([nH]c5ccccc45)[C@@]3(C)C2=O)cc1. The molecule has 0 aliphatic carbocycles. The number of ether oxygens (including phenoxy) is 1. The van der Waals surface area contributed by atoms with Gasteiger partial charge in [0.2, 0.25) is 5.91 Å². The number of methoxy groups -OCH3 is 1. The average Bonchev–Trinajstić information content (AvgIpc) is 3.29. The van der Waals surface area contributed by atoms with Crippen LogP contribution < -0.4 is 4.74 Å². The van der Waals surface area contributed by atoms with Gasteiger partial charge in [-0.3, -0.25) is 9.59 Å². The Morgan fingerprint density at radius 1 is 1.03 bits per heavy atom. The highest BCUT2D eigenvalue weighted by Crippen LogP contribution is 2.49. The molecule has 1 aromatic heterocycles. The third-order valence-corrected chi connectivity index (χ3v) is 7.97. The van der Waals surface area contributed by atoms with Crippen LogP contribution in [-0.4, -0.2) is 46.8 Å². The van der Waals surface area contributed by atoms with Gasteiger partial charge in [-0.25, -0.2) is 0 Å². The van der Waals surface area contributed by atoms with Gasteiger partial charge >= 0.3 is 0 Å². The first-order valence-corrected chi connectivity index (χ1v) is 12.4. The summed E-state index contributed by atoms with van der Waals surface area (Å²) in [7, 11) is 1.62. The standard InChI is InChI=1S/C29H26ClN3O3/c1-29-27-26(21-8-4-6-10-24(21)31-27)22(20-7-3-5-9-23(20)30)16-33(29)25(34)17-32(28(29)35)15-18-11-13-19(36-2)14-12-18/h3-14,22,31H,15-17H2,1-2H3/t22-,29-/m0/s1. The fourth-order valence-electron chi connectivity index (χ4n) is 5.79. The first-order chi connectivity index (χ1) is 17.4. The number of benzene rings is 3. The number of para-hydroxylation sites is 1. The topological polar surface area (TPSA) is 65.6 Å². The van der Waals surface area contributed by atoms with Crippen LogP contribution in [0.5, 0.6) is 5.75 Å². The summed E-state index contributed by atoms with van der Waals surface area (Å²) in [5.41, 5.74) is 3.48. The number of hydrogen-bond acceptors (Lipinski definition) is 3. The molecule has 0 spiro atoms. The van der Waals surface area contributed by atoms with E-state index in [1.54, 1.807) is 16.9 Å². The third-order valence-electron chi connectivity index (χ3n) is 7.63. The van der Waals surface area contributed by atoms with Crippen molar-refractivity contribution >= 4 is 34.3 Å². The van der Waals surface area contributed by atoms with Gasteiger partial charge in [0.15, 0.2) is 5.54 Å². The minimum Gasteiger partial charge on any atom is -0.497 e. The van der Waals surface area contributed by atoms with Gasteiger partial charge in [0.1, 0.15) is 12.3 Å². The molecule has 36 heavy (non-hydrogen) atoms. The lowest BCUT2D eigenvalue weighted by Crippen LogP contribution is -2.67. The van der Waals surface area contributed by atoms with E-state index in [2.05, 4.69) is 11.1 Å². The van der Waals surface area contributed by atoms with Gasteiger partial charge in [-0.1, -0.05) is 60.1 Å². The lowest BCUT2D eigenvalue weighted by atomic mass is 9.76. The van der Waals surface area contributed by atoms with Gasteiger partial charge in [0.05, 0.1) is 12.8 Å². The number of nitrogens with one attached hydrogen (secondary N) is 1. The normalized spacial score (nSPS) is 21.5. The molecule has 2 aliphatic rings. The smallest absolute Gasteiger partial charge is 0.255 e. The minimum atomic E-state index is -1.14. The molecular weight excluding hydrogens is 474 g/mol. The second-order valence-electron chi connectivity index (χ2n) is 9.62. The molecular formula is C29H26ClN3O3. The van der Waals surface area contributed by atoms with Crippen LogP contribution in [0.4, 0.5) is 0 Å². The van der Waals surface area contributed by atoms with E-state index in [1.807, 2.05) is 73.7 Å². The van der Waals surface area contributed by atoms with Crippen molar-refractivity contribution in [2.75, 3.05) is 20.2 Å². The monoisotopic (exact) mass is 499 g/mol. The summed E-state index contributed by atoms with van der Waals surface area (Å²) in [6.45, 7) is 2.63. The molecule has 2 atom stereocenters. The van der Waals surface area contributed by atoms with Crippen molar-refractivity contribution in [3.63, 3.8) is 0 Å². The molecule has 1 fully saturated rings. The Hall–Kier alpha value is -3.77. The van der Waals surface area contributed by atoms with Gasteiger partial charge < -0.3 is 19.5 Å². The van der Waals surface area contributed by atoms with Gasteiger partial charge in [-0.2, -0.15) is 0 Å². The number of hydrogen-bond donors (Lipinski definition) is 1. The van der Waals surface area contributed by atoms with Crippen LogP contribution in [0.15, 0.2) is 72.8 Å². The lowest BCUT2D eigenvalue weighted by Gasteiger charge is -2.51. The molecule has 3 heterocycles. The van der Waals surface area contributed by atoms with Crippen molar-refractivity contribution < 1.29 is 14.3 Å². The van der Waals surface area contributed by atoms with Crippen LogP contribution in [0.25, 0.3) is 10.9 Å². The van der Waals surface area contributed by atoms with Crippen LogP contribution in [0, 0.1) is 0 Å². The fourth-order valence-corrected chi connectivity index (χ4v) is 6.06. The second kappa shape index (κ2) is 8.42. The molecule has 1 N–H and O–H groups in total. The van der Waals surface area contributed by atoms with Gasteiger partial charge in [-0.15, -0.1) is 0 Å². The zero-order chi connectivity index (χ0) is 25.0. The number of aromatic amines is 1. The highest BCUT2D eigenvalue weighted by molar-refractivity contribution is 6.31. The van der Waals surface area contributed by atoms with E-state index in [0.29, 0.717) is 18.1 Å². The highest BCUT2D eigenvalue weighted by Gasteiger charge is 2.56. The molecule has 3 aromatic carbocycles. The Morgan fingerprint density at radius 3 is 2.50 bits per heavy atom. The summed E-state index contributed by atoms with van der Waals surface area (Å²) in [4.78, 5) is 34.7. The molecule has 182 valence electrons. The fraction of sp³-hybridized carbons (Fsp3) is 0.241. The number of carbonyl (C=O) groups excluding carboxylic acids is 2. The van der Waals surface area contributed by atoms with Crippen molar-refractivity contribution in [3.05, 3.63) is 100 Å². The molecule has 1 saturated heterocycles. The quantitative estimate of drug-likeness (QED) is 0.427. The summed E-state index contributed by atoms with van der Waals surface area (Å²) in [6, 6.07) is 23.4. The van der Waals surface area contributed by atoms with E-state index in [-0.39, 0.29) is 24.3 Å². The van der Waals surface area contributed by atoms with Crippen LogP contribution >= 0.6 is 11.6 Å². The largest absolute Gasteiger partial charge is 0.497 e. The Morgan fingerprint density at radius 2 is 1.75 bits per heavy atom. The third kappa shape index (κ3) is 3.32. The summed E-state index contributed by atoms with van der Waals surface area (Å²) in [5.74, 6) is 0.427. The van der Waals surface area contributed by atoms with Crippen molar-refractivity contribution in [2.24, 2.45) is 0 Å². The first-order valence-electron chi connectivity index (χ1n) is 12.0.